The number of rotatable bonds is 6. The minimum atomic E-state index is 0.421. The Morgan fingerprint density at radius 2 is 1.29 bits per heavy atom. The highest BCUT2D eigenvalue weighted by atomic mass is 15.0. The van der Waals surface area contributed by atoms with E-state index in [0.29, 0.717) is 5.92 Å². The average molecular weight is 542 g/mol. The Hall–Kier alpha value is -4.88. The molecule has 1 heteroatoms. The lowest BCUT2D eigenvalue weighted by Crippen LogP contribution is -2.01. The molecule has 42 heavy (non-hydrogen) atoms. The Labute approximate surface area is 248 Å². The summed E-state index contributed by atoms with van der Waals surface area (Å²) in [6, 6.07) is 51.2. The van der Waals surface area contributed by atoms with E-state index in [1.807, 2.05) is 0 Å². The maximum Gasteiger partial charge on any atom is 0.0540 e. The van der Waals surface area contributed by atoms with Crippen molar-refractivity contribution in [1.82, 2.24) is 4.57 Å². The first-order valence-corrected chi connectivity index (χ1v) is 14.9. The van der Waals surface area contributed by atoms with Gasteiger partial charge in [0.15, 0.2) is 0 Å². The van der Waals surface area contributed by atoms with E-state index in [-0.39, 0.29) is 0 Å². The van der Waals surface area contributed by atoms with Crippen LogP contribution in [0, 0.1) is 13.8 Å². The number of benzene rings is 6. The van der Waals surface area contributed by atoms with Crippen LogP contribution >= 0.6 is 0 Å². The third kappa shape index (κ3) is 4.82. The zero-order valence-electron chi connectivity index (χ0n) is 24.5. The third-order valence-electron chi connectivity index (χ3n) is 8.73. The summed E-state index contributed by atoms with van der Waals surface area (Å²) in [5.41, 5.74) is 12.8. The van der Waals surface area contributed by atoms with Crippen molar-refractivity contribution in [3.63, 3.8) is 0 Å². The summed E-state index contributed by atoms with van der Waals surface area (Å²) in [5.74, 6) is 0.421. The summed E-state index contributed by atoms with van der Waals surface area (Å²) in [4.78, 5) is 0. The topological polar surface area (TPSA) is 4.93 Å². The molecule has 1 unspecified atom stereocenters. The van der Waals surface area contributed by atoms with Gasteiger partial charge < -0.3 is 4.57 Å². The summed E-state index contributed by atoms with van der Waals surface area (Å²) in [5, 5.41) is 3.92. The van der Waals surface area contributed by atoms with Crippen molar-refractivity contribution in [2.75, 3.05) is 0 Å². The van der Waals surface area contributed by atoms with Gasteiger partial charge in [-0.1, -0.05) is 122 Å². The van der Waals surface area contributed by atoms with Crippen LogP contribution in [0.15, 0.2) is 140 Å². The largest absolute Gasteiger partial charge is 0.309 e. The van der Waals surface area contributed by atoms with Gasteiger partial charge in [-0.2, -0.15) is 0 Å². The van der Waals surface area contributed by atoms with Crippen molar-refractivity contribution >= 4 is 21.7 Å². The van der Waals surface area contributed by atoms with Gasteiger partial charge in [-0.15, -0.1) is 0 Å². The minimum absolute atomic E-state index is 0.421. The van der Waals surface area contributed by atoms with Crippen LogP contribution in [0.3, 0.4) is 0 Å². The Balaban J connectivity index is 1.28. The molecule has 0 fully saturated rings. The van der Waals surface area contributed by atoms with Gasteiger partial charge in [-0.05, 0) is 101 Å². The molecule has 0 aliphatic carbocycles. The molecule has 0 spiro atoms. The second kappa shape index (κ2) is 10.8. The van der Waals surface area contributed by atoms with E-state index in [0.717, 1.165) is 6.42 Å². The Morgan fingerprint density at radius 1 is 0.571 bits per heavy atom. The zero-order valence-corrected chi connectivity index (χ0v) is 24.5. The van der Waals surface area contributed by atoms with Crippen molar-refractivity contribution in [1.29, 1.82) is 0 Å². The predicted molar refractivity (Wildman–Crippen MR) is 180 cm³/mol. The van der Waals surface area contributed by atoms with Gasteiger partial charge >= 0.3 is 0 Å². The second-order valence-corrected chi connectivity index (χ2v) is 11.7. The second-order valence-electron chi connectivity index (χ2n) is 11.7. The third-order valence-corrected chi connectivity index (χ3v) is 8.73. The number of nitrogens with zero attached hydrogens (tertiary/aromatic N) is 1. The van der Waals surface area contributed by atoms with Crippen LogP contribution in [-0.4, -0.2) is 4.57 Å². The number of aromatic nitrogens is 1. The highest BCUT2D eigenvalue weighted by molar-refractivity contribution is 5.92. The Kier molecular flexibility index (Phi) is 6.72. The van der Waals surface area contributed by atoms with Crippen LogP contribution in [0.2, 0.25) is 0 Å². The van der Waals surface area contributed by atoms with Gasteiger partial charge in [0, 0.05) is 11.1 Å². The number of fused-ring (bicyclic) bond motifs is 2. The minimum Gasteiger partial charge on any atom is -0.309 e. The van der Waals surface area contributed by atoms with E-state index in [9.17, 15) is 0 Å². The molecule has 1 aromatic heterocycles. The molecule has 7 rings (SSSR count). The summed E-state index contributed by atoms with van der Waals surface area (Å²) in [6.45, 7) is 6.74. The normalized spacial score (nSPS) is 12.2. The van der Waals surface area contributed by atoms with E-state index in [2.05, 4.69) is 165 Å². The van der Waals surface area contributed by atoms with Crippen molar-refractivity contribution in [2.24, 2.45) is 0 Å². The van der Waals surface area contributed by atoms with Gasteiger partial charge in [0.25, 0.3) is 0 Å². The zero-order chi connectivity index (χ0) is 28.6. The smallest absolute Gasteiger partial charge is 0.0540 e. The molecule has 0 aliphatic rings. The molecule has 1 atom stereocenters. The van der Waals surface area contributed by atoms with E-state index >= 15 is 0 Å². The number of aryl methyl sites for hydroxylation is 2. The van der Waals surface area contributed by atoms with Crippen LogP contribution in [0.1, 0.15) is 35.1 Å². The highest BCUT2D eigenvalue weighted by Gasteiger charge is 2.15. The van der Waals surface area contributed by atoms with Crippen LogP contribution < -0.4 is 0 Å². The maximum absolute atomic E-state index is 2.41. The summed E-state index contributed by atoms with van der Waals surface area (Å²) >= 11 is 0. The molecule has 204 valence electrons. The Morgan fingerprint density at radius 3 is 2.12 bits per heavy atom. The summed E-state index contributed by atoms with van der Waals surface area (Å²) < 4.78 is 2.39. The van der Waals surface area contributed by atoms with Gasteiger partial charge in [0.2, 0.25) is 0 Å². The predicted octanol–water partition coefficient (Wildman–Crippen LogP) is 11.1. The first-order chi connectivity index (χ1) is 20.5. The molecule has 0 amide bonds. The van der Waals surface area contributed by atoms with Gasteiger partial charge in [0.1, 0.15) is 0 Å². The molecule has 0 aliphatic heterocycles. The lowest BCUT2D eigenvalue weighted by molar-refractivity contribution is 0.762. The van der Waals surface area contributed by atoms with E-state index < -0.39 is 0 Å². The molecule has 6 aromatic carbocycles. The van der Waals surface area contributed by atoms with Crippen LogP contribution in [-0.2, 0) is 6.42 Å². The SMILES string of the molecule is Cc1ccc(-n2c(-c3ccccc3)cc3cc(-c4ccc(C)c(CC(C)c5cccc6ccccc56)c4)ccc32)cc1. The lowest BCUT2D eigenvalue weighted by atomic mass is 9.87. The van der Waals surface area contributed by atoms with Crippen molar-refractivity contribution in [3.8, 4) is 28.1 Å². The van der Waals surface area contributed by atoms with Crippen LogP contribution in [0.4, 0.5) is 0 Å². The molecule has 0 saturated heterocycles. The summed E-state index contributed by atoms with van der Waals surface area (Å²) in [6.07, 6.45) is 1.01. The first-order valence-electron chi connectivity index (χ1n) is 14.9. The lowest BCUT2D eigenvalue weighted by Gasteiger charge is -2.17. The fourth-order valence-electron chi connectivity index (χ4n) is 6.38. The number of hydrogen-bond acceptors (Lipinski definition) is 0. The molecular formula is C41H35N. The monoisotopic (exact) mass is 541 g/mol. The molecule has 1 nitrogen and oxygen atoms in total. The fourth-order valence-corrected chi connectivity index (χ4v) is 6.38. The van der Waals surface area contributed by atoms with Crippen molar-refractivity contribution in [2.45, 2.75) is 33.1 Å². The number of hydrogen-bond donors (Lipinski definition) is 0. The Bertz CT molecular complexity index is 2020. The van der Waals surface area contributed by atoms with Gasteiger partial charge in [-0.3, -0.25) is 0 Å². The molecule has 0 radical (unpaired) electrons. The molecule has 1 heterocycles. The summed E-state index contributed by atoms with van der Waals surface area (Å²) in [7, 11) is 0. The van der Waals surface area contributed by atoms with Gasteiger partial charge in [-0.25, -0.2) is 0 Å². The first kappa shape index (κ1) is 26.0. The highest BCUT2D eigenvalue weighted by Crippen LogP contribution is 2.35. The standard InChI is InChI=1S/C41H35N/c1-28-16-21-37(22-17-28)42-40-23-20-34(26-36(40)27-41(42)32-11-5-4-6-12-32)33-19-18-29(2)35(25-33)24-30(3)38-15-9-13-31-10-7-8-14-39(31)38/h4-23,25-27,30H,24H2,1-3H3. The van der Waals surface area contributed by atoms with Gasteiger partial charge in [0.05, 0.1) is 11.2 Å². The van der Waals surface area contributed by atoms with Crippen LogP contribution in [0.5, 0.6) is 0 Å². The molecule has 0 bridgehead atoms. The van der Waals surface area contributed by atoms with E-state index in [1.54, 1.807) is 0 Å². The molecular weight excluding hydrogens is 506 g/mol. The van der Waals surface area contributed by atoms with Crippen LogP contribution in [0.25, 0.3) is 49.7 Å². The van der Waals surface area contributed by atoms with Crippen molar-refractivity contribution < 1.29 is 0 Å². The molecule has 0 saturated carbocycles. The van der Waals surface area contributed by atoms with E-state index in [1.165, 1.54) is 72.0 Å². The van der Waals surface area contributed by atoms with Crippen molar-refractivity contribution in [3.05, 3.63) is 162 Å². The maximum atomic E-state index is 2.41. The van der Waals surface area contributed by atoms with E-state index in [4.69, 9.17) is 0 Å². The molecule has 0 N–H and O–H groups in total. The quantitative estimate of drug-likeness (QED) is 0.197. The average Bonchev–Trinajstić information content (AvgIpc) is 3.41. The fraction of sp³-hybridized carbons (Fsp3) is 0.122. The molecule has 7 aromatic rings.